The molecule has 2 aromatic rings. The first-order valence-corrected chi connectivity index (χ1v) is 8.48. The standard InChI is InChI=1S/C18H24N4O2.ClH/c1-13-8-17(14(2)24-13)18(23)22(11-15-9-20-12-21-10-15)16-4-3-6-19-7-5-16;/h8-10,12,16,19H,3-7,11H2,1-2H3;1H. The van der Waals surface area contributed by atoms with Crippen molar-refractivity contribution in [2.75, 3.05) is 13.1 Å². The van der Waals surface area contributed by atoms with E-state index in [0.29, 0.717) is 17.9 Å². The molecule has 1 N–H and O–H groups in total. The molecule has 3 heterocycles. The minimum Gasteiger partial charge on any atom is -0.466 e. The van der Waals surface area contributed by atoms with Crippen molar-refractivity contribution in [2.45, 2.75) is 45.7 Å². The first kappa shape index (κ1) is 19.4. The highest BCUT2D eigenvalue weighted by Gasteiger charge is 2.28. The summed E-state index contributed by atoms with van der Waals surface area (Å²) in [7, 11) is 0. The van der Waals surface area contributed by atoms with Gasteiger partial charge in [-0.2, -0.15) is 0 Å². The summed E-state index contributed by atoms with van der Waals surface area (Å²) in [6, 6.07) is 2.04. The summed E-state index contributed by atoms with van der Waals surface area (Å²) in [6.45, 7) is 6.18. The van der Waals surface area contributed by atoms with Crippen LogP contribution in [0.1, 0.15) is 46.7 Å². The van der Waals surface area contributed by atoms with Crippen LogP contribution in [-0.4, -0.2) is 39.9 Å². The molecule has 0 spiro atoms. The van der Waals surface area contributed by atoms with Gasteiger partial charge in [0.05, 0.1) is 5.56 Å². The predicted molar refractivity (Wildman–Crippen MR) is 97.8 cm³/mol. The van der Waals surface area contributed by atoms with Crippen LogP contribution in [0.15, 0.2) is 29.2 Å². The van der Waals surface area contributed by atoms with Crippen LogP contribution in [0.2, 0.25) is 0 Å². The predicted octanol–water partition coefficient (Wildman–Crippen LogP) is 2.89. The fraction of sp³-hybridized carbons (Fsp3) is 0.500. The highest BCUT2D eigenvalue weighted by Crippen LogP contribution is 2.22. The van der Waals surface area contributed by atoms with Crippen molar-refractivity contribution in [3.8, 4) is 0 Å². The Hall–Kier alpha value is -1.92. The molecule has 1 saturated heterocycles. The van der Waals surface area contributed by atoms with Gasteiger partial charge in [-0.05, 0) is 52.3 Å². The van der Waals surface area contributed by atoms with Gasteiger partial charge in [0.1, 0.15) is 17.8 Å². The molecule has 0 radical (unpaired) electrons. The summed E-state index contributed by atoms with van der Waals surface area (Å²) in [5, 5.41) is 3.41. The fourth-order valence-electron chi connectivity index (χ4n) is 3.29. The van der Waals surface area contributed by atoms with Crippen molar-refractivity contribution in [1.82, 2.24) is 20.2 Å². The maximum Gasteiger partial charge on any atom is 0.257 e. The van der Waals surface area contributed by atoms with E-state index in [-0.39, 0.29) is 24.4 Å². The molecule has 3 rings (SSSR count). The Labute approximate surface area is 154 Å². The largest absolute Gasteiger partial charge is 0.466 e. The van der Waals surface area contributed by atoms with Gasteiger partial charge < -0.3 is 14.6 Å². The highest BCUT2D eigenvalue weighted by molar-refractivity contribution is 5.95. The summed E-state index contributed by atoms with van der Waals surface area (Å²) in [4.78, 5) is 23.3. The number of aromatic nitrogens is 2. The third kappa shape index (κ3) is 4.80. The maximum absolute atomic E-state index is 13.2. The lowest BCUT2D eigenvalue weighted by Gasteiger charge is -2.31. The summed E-state index contributed by atoms with van der Waals surface area (Å²) in [6.07, 6.45) is 8.08. The Balaban J connectivity index is 0.00000225. The second-order valence-corrected chi connectivity index (χ2v) is 6.34. The molecule has 6 nitrogen and oxygen atoms in total. The van der Waals surface area contributed by atoms with Crippen molar-refractivity contribution >= 4 is 18.3 Å². The van der Waals surface area contributed by atoms with Crippen LogP contribution in [-0.2, 0) is 6.54 Å². The number of rotatable bonds is 4. The van der Waals surface area contributed by atoms with E-state index in [1.165, 1.54) is 6.33 Å². The number of furan rings is 1. The fourth-order valence-corrected chi connectivity index (χ4v) is 3.29. The Bertz CT molecular complexity index is 682. The Morgan fingerprint density at radius 3 is 2.72 bits per heavy atom. The quantitative estimate of drug-likeness (QED) is 0.903. The van der Waals surface area contributed by atoms with Crippen molar-refractivity contribution in [3.05, 3.63) is 47.4 Å². The first-order chi connectivity index (χ1) is 11.6. The van der Waals surface area contributed by atoms with Gasteiger partial charge in [0.25, 0.3) is 5.91 Å². The molecule has 0 aliphatic carbocycles. The van der Waals surface area contributed by atoms with Crippen LogP contribution in [0.4, 0.5) is 0 Å². The topological polar surface area (TPSA) is 71.3 Å². The smallest absolute Gasteiger partial charge is 0.257 e. The van der Waals surface area contributed by atoms with E-state index in [0.717, 1.165) is 43.7 Å². The zero-order valence-corrected chi connectivity index (χ0v) is 15.5. The Morgan fingerprint density at radius 1 is 1.28 bits per heavy atom. The lowest BCUT2D eigenvalue weighted by molar-refractivity contribution is 0.0643. The number of carbonyl (C=O) groups excluding carboxylic acids is 1. The van der Waals surface area contributed by atoms with E-state index in [1.807, 2.05) is 24.8 Å². The number of hydrogen-bond donors (Lipinski definition) is 1. The molecule has 1 fully saturated rings. The monoisotopic (exact) mass is 364 g/mol. The SMILES string of the molecule is Cc1cc(C(=O)N(Cc2cncnc2)C2CCCNCC2)c(C)o1.Cl. The minimum atomic E-state index is 0. The van der Waals surface area contributed by atoms with E-state index in [4.69, 9.17) is 4.42 Å². The van der Waals surface area contributed by atoms with Crippen LogP contribution < -0.4 is 5.32 Å². The average Bonchev–Trinajstić information content (AvgIpc) is 2.79. The second-order valence-electron chi connectivity index (χ2n) is 6.34. The van der Waals surface area contributed by atoms with Crippen molar-refractivity contribution < 1.29 is 9.21 Å². The molecule has 1 amide bonds. The van der Waals surface area contributed by atoms with Crippen molar-refractivity contribution in [2.24, 2.45) is 0 Å². The Kier molecular flexibility index (Phi) is 6.96. The first-order valence-electron chi connectivity index (χ1n) is 8.48. The number of nitrogens with one attached hydrogen (secondary N) is 1. The molecule has 1 aliphatic heterocycles. The van der Waals surface area contributed by atoms with Crippen molar-refractivity contribution in [1.29, 1.82) is 0 Å². The molecule has 2 aromatic heterocycles. The van der Waals surface area contributed by atoms with Gasteiger partial charge in [-0.25, -0.2) is 9.97 Å². The van der Waals surface area contributed by atoms with Gasteiger partial charge in [0.2, 0.25) is 0 Å². The number of halogens is 1. The molecule has 1 unspecified atom stereocenters. The van der Waals surface area contributed by atoms with Crippen LogP contribution >= 0.6 is 12.4 Å². The minimum absolute atomic E-state index is 0. The summed E-state index contributed by atoms with van der Waals surface area (Å²) in [5.74, 6) is 1.47. The molecular formula is C18H25ClN4O2. The molecule has 0 bridgehead atoms. The number of nitrogens with zero attached hydrogens (tertiary/aromatic N) is 3. The van der Waals surface area contributed by atoms with E-state index in [9.17, 15) is 4.79 Å². The van der Waals surface area contributed by atoms with E-state index < -0.39 is 0 Å². The van der Waals surface area contributed by atoms with Gasteiger partial charge in [-0.3, -0.25) is 4.79 Å². The number of carbonyl (C=O) groups is 1. The van der Waals surface area contributed by atoms with E-state index >= 15 is 0 Å². The van der Waals surface area contributed by atoms with Crippen LogP contribution in [0, 0.1) is 13.8 Å². The zero-order valence-electron chi connectivity index (χ0n) is 14.7. The van der Waals surface area contributed by atoms with Gasteiger partial charge in [-0.15, -0.1) is 12.4 Å². The van der Waals surface area contributed by atoms with Crippen LogP contribution in [0.25, 0.3) is 0 Å². The van der Waals surface area contributed by atoms with E-state index in [2.05, 4.69) is 15.3 Å². The summed E-state index contributed by atoms with van der Waals surface area (Å²) >= 11 is 0. The Morgan fingerprint density at radius 2 is 2.04 bits per heavy atom. The number of hydrogen-bond acceptors (Lipinski definition) is 5. The molecule has 1 atom stereocenters. The molecule has 25 heavy (non-hydrogen) atoms. The van der Waals surface area contributed by atoms with Gasteiger partial charge in [0, 0.05) is 30.5 Å². The zero-order chi connectivity index (χ0) is 16.9. The molecule has 0 saturated carbocycles. The molecular weight excluding hydrogens is 340 g/mol. The van der Waals surface area contributed by atoms with Gasteiger partial charge in [-0.1, -0.05) is 0 Å². The maximum atomic E-state index is 13.2. The lowest BCUT2D eigenvalue weighted by Crippen LogP contribution is -2.40. The number of amides is 1. The van der Waals surface area contributed by atoms with Crippen molar-refractivity contribution in [3.63, 3.8) is 0 Å². The molecule has 136 valence electrons. The van der Waals surface area contributed by atoms with Crippen LogP contribution in [0.3, 0.4) is 0 Å². The van der Waals surface area contributed by atoms with Gasteiger partial charge in [0.15, 0.2) is 0 Å². The highest BCUT2D eigenvalue weighted by atomic mass is 35.5. The second kappa shape index (κ2) is 8.97. The third-order valence-electron chi connectivity index (χ3n) is 4.49. The summed E-state index contributed by atoms with van der Waals surface area (Å²) < 4.78 is 5.56. The average molecular weight is 365 g/mol. The normalized spacial score (nSPS) is 17.4. The van der Waals surface area contributed by atoms with Gasteiger partial charge >= 0.3 is 0 Å². The lowest BCUT2D eigenvalue weighted by atomic mass is 10.0. The number of aryl methyl sites for hydroxylation is 2. The molecule has 1 aliphatic rings. The molecule has 7 heteroatoms. The van der Waals surface area contributed by atoms with Crippen LogP contribution in [0.5, 0.6) is 0 Å². The summed E-state index contributed by atoms with van der Waals surface area (Å²) in [5.41, 5.74) is 1.60. The third-order valence-corrected chi connectivity index (χ3v) is 4.49. The van der Waals surface area contributed by atoms with E-state index in [1.54, 1.807) is 12.4 Å². The molecule has 0 aromatic carbocycles.